The second-order valence-electron chi connectivity index (χ2n) is 6.36. The lowest BCUT2D eigenvalue weighted by molar-refractivity contribution is 0.306. The van der Waals surface area contributed by atoms with Gasteiger partial charge in [-0.15, -0.1) is 0 Å². The average molecular weight is 389 g/mol. The van der Waals surface area contributed by atoms with Gasteiger partial charge < -0.3 is 4.74 Å². The number of hydrogen-bond acceptors (Lipinski definition) is 3. The third-order valence-electron chi connectivity index (χ3n) is 4.54. The Morgan fingerprint density at radius 1 is 0.929 bits per heavy atom. The highest BCUT2D eigenvalue weighted by atomic mass is 32.2. The highest BCUT2D eigenvalue weighted by Crippen LogP contribution is 2.30. The van der Waals surface area contributed by atoms with Gasteiger partial charge in [0.1, 0.15) is 12.4 Å². The van der Waals surface area contributed by atoms with Crippen LogP contribution >= 0.6 is 0 Å². The van der Waals surface area contributed by atoms with Crippen molar-refractivity contribution in [2.24, 2.45) is 0 Å². The van der Waals surface area contributed by atoms with Gasteiger partial charge in [0.15, 0.2) is 0 Å². The predicted molar refractivity (Wildman–Crippen MR) is 112 cm³/mol. The molecule has 3 aromatic carbocycles. The van der Waals surface area contributed by atoms with Crippen LogP contribution < -0.4 is 4.74 Å². The van der Waals surface area contributed by atoms with Crippen molar-refractivity contribution in [3.8, 4) is 5.75 Å². The van der Waals surface area contributed by atoms with E-state index in [4.69, 9.17) is 4.74 Å². The van der Waals surface area contributed by atoms with Crippen LogP contribution in [-0.2, 0) is 16.6 Å². The summed E-state index contributed by atoms with van der Waals surface area (Å²) in [6.45, 7) is 4.27. The van der Waals surface area contributed by atoms with Gasteiger partial charge in [-0.1, -0.05) is 61.2 Å². The van der Waals surface area contributed by atoms with Crippen molar-refractivity contribution in [2.75, 3.05) is 0 Å². The molecule has 4 nitrogen and oxygen atoms in total. The van der Waals surface area contributed by atoms with E-state index in [2.05, 4.69) is 6.58 Å². The minimum absolute atomic E-state index is 0.243. The van der Waals surface area contributed by atoms with Gasteiger partial charge in [0.2, 0.25) is 0 Å². The lowest BCUT2D eigenvalue weighted by Gasteiger charge is -2.09. The maximum Gasteiger partial charge on any atom is 0.268 e. The third-order valence-corrected chi connectivity index (χ3v) is 6.23. The summed E-state index contributed by atoms with van der Waals surface area (Å²) in [5, 5.41) is 0.778. The molecule has 0 aliphatic heterocycles. The van der Waals surface area contributed by atoms with Gasteiger partial charge in [-0.25, -0.2) is 12.4 Å². The molecular formula is C23H19NO3S. The van der Waals surface area contributed by atoms with E-state index in [0.29, 0.717) is 17.9 Å². The fraction of sp³-hybridized carbons (Fsp3) is 0.0435. The Kier molecular flexibility index (Phi) is 4.75. The van der Waals surface area contributed by atoms with Crippen LogP contribution in [0.5, 0.6) is 5.75 Å². The summed E-state index contributed by atoms with van der Waals surface area (Å²) < 4.78 is 33.3. The normalized spacial score (nSPS) is 11.4. The van der Waals surface area contributed by atoms with Gasteiger partial charge in [0.25, 0.3) is 10.0 Å². The Labute approximate surface area is 164 Å². The summed E-state index contributed by atoms with van der Waals surface area (Å²) >= 11 is 0. The third kappa shape index (κ3) is 3.32. The van der Waals surface area contributed by atoms with Crippen LogP contribution in [0.15, 0.2) is 96.5 Å². The minimum Gasteiger partial charge on any atom is -0.489 e. The molecule has 4 aromatic rings. The van der Waals surface area contributed by atoms with E-state index in [-0.39, 0.29) is 4.90 Å². The van der Waals surface area contributed by atoms with Gasteiger partial charge in [0, 0.05) is 17.1 Å². The van der Waals surface area contributed by atoms with E-state index in [9.17, 15) is 8.42 Å². The first kappa shape index (κ1) is 18.1. The summed E-state index contributed by atoms with van der Waals surface area (Å²) in [6.07, 6.45) is 3.25. The van der Waals surface area contributed by atoms with Crippen molar-refractivity contribution < 1.29 is 13.2 Å². The van der Waals surface area contributed by atoms with Crippen molar-refractivity contribution in [3.63, 3.8) is 0 Å². The zero-order chi connectivity index (χ0) is 19.6. The van der Waals surface area contributed by atoms with E-state index in [0.717, 1.165) is 16.5 Å². The maximum absolute atomic E-state index is 13.1. The van der Waals surface area contributed by atoms with Crippen LogP contribution in [0.3, 0.4) is 0 Å². The molecule has 0 aliphatic carbocycles. The van der Waals surface area contributed by atoms with Gasteiger partial charge in [-0.05, 0) is 35.9 Å². The topological polar surface area (TPSA) is 48.3 Å². The van der Waals surface area contributed by atoms with Crippen molar-refractivity contribution in [3.05, 3.63) is 103 Å². The summed E-state index contributed by atoms with van der Waals surface area (Å²) in [5.74, 6) is 0.675. The summed E-state index contributed by atoms with van der Waals surface area (Å²) in [4.78, 5) is 0.243. The molecule has 0 fully saturated rings. The molecule has 5 heteroatoms. The number of hydrogen-bond donors (Lipinski definition) is 0. The Morgan fingerprint density at radius 3 is 2.29 bits per heavy atom. The molecule has 140 valence electrons. The molecule has 28 heavy (non-hydrogen) atoms. The van der Waals surface area contributed by atoms with E-state index >= 15 is 0 Å². The second kappa shape index (κ2) is 7.37. The van der Waals surface area contributed by atoms with E-state index in [1.54, 1.807) is 54.7 Å². The maximum atomic E-state index is 13.1. The Morgan fingerprint density at radius 2 is 1.61 bits per heavy atom. The van der Waals surface area contributed by atoms with Crippen molar-refractivity contribution >= 4 is 27.0 Å². The first-order chi connectivity index (χ1) is 13.6. The molecular weight excluding hydrogens is 370 g/mol. The van der Waals surface area contributed by atoms with E-state index < -0.39 is 10.0 Å². The number of aromatic nitrogens is 1. The molecule has 0 N–H and O–H groups in total. The van der Waals surface area contributed by atoms with Crippen LogP contribution in [0.1, 0.15) is 11.1 Å². The quantitative estimate of drug-likeness (QED) is 0.461. The molecule has 0 aliphatic rings. The standard InChI is InChI=1S/C23H19NO3S/c1-2-19-16-24(28(25,26)21-11-7-4-8-12-21)23-14-13-20(15-22(19)23)27-17-18-9-5-3-6-10-18/h2-16H,1,17H2. The average Bonchev–Trinajstić information content (AvgIpc) is 3.12. The lowest BCUT2D eigenvalue weighted by atomic mass is 10.1. The number of benzene rings is 3. The van der Waals surface area contributed by atoms with Gasteiger partial charge in [-0.3, -0.25) is 0 Å². The predicted octanol–water partition coefficient (Wildman–Crippen LogP) is 5.10. The molecule has 0 spiro atoms. The van der Waals surface area contributed by atoms with Crippen LogP contribution in [0.25, 0.3) is 17.0 Å². The fourth-order valence-electron chi connectivity index (χ4n) is 3.10. The summed E-state index contributed by atoms with van der Waals surface area (Å²) in [6, 6.07) is 23.7. The molecule has 4 rings (SSSR count). The molecule has 0 unspecified atom stereocenters. The van der Waals surface area contributed by atoms with Gasteiger partial charge in [0.05, 0.1) is 10.4 Å². The molecule has 0 saturated carbocycles. The summed E-state index contributed by atoms with van der Waals surface area (Å²) in [7, 11) is -3.69. The SMILES string of the molecule is C=Cc1cn(S(=O)(=O)c2ccccc2)c2ccc(OCc3ccccc3)cc12. The molecule has 0 radical (unpaired) electrons. The first-order valence-corrected chi connectivity index (χ1v) is 10.3. The highest BCUT2D eigenvalue weighted by Gasteiger charge is 2.20. The van der Waals surface area contributed by atoms with Gasteiger partial charge >= 0.3 is 0 Å². The Hall–Kier alpha value is -3.31. The van der Waals surface area contributed by atoms with Crippen LogP contribution in [0, 0.1) is 0 Å². The number of fused-ring (bicyclic) bond motifs is 1. The zero-order valence-corrected chi connectivity index (χ0v) is 16.0. The first-order valence-electron chi connectivity index (χ1n) is 8.84. The zero-order valence-electron chi connectivity index (χ0n) is 15.2. The smallest absolute Gasteiger partial charge is 0.268 e. The Balaban J connectivity index is 1.74. The molecule has 0 bridgehead atoms. The minimum atomic E-state index is -3.69. The fourth-order valence-corrected chi connectivity index (χ4v) is 4.50. The van der Waals surface area contributed by atoms with Crippen LogP contribution in [-0.4, -0.2) is 12.4 Å². The highest BCUT2D eigenvalue weighted by molar-refractivity contribution is 7.90. The number of nitrogens with zero attached hydrogens (tertiary/aromatic N) is 1. The monoisotopic (exact) mass is 389 g/mol. The van der Waals surface area contributed by atoms with E-state index in [1.807, 2.05) is 36.4 Å². The van der Waals surface area contributed by atoms with E-state index in [1.165, 1.54) is 3.97 Å². The molecule has 0 saturated heterocycles. The molecule has 1 aromatic heterocycles. The van der Waals surface area contributed by atoms with Crippen molar-refractivity contribution in [1.29, 1.82) is 0 Å². The second-order valence-corrected chi connectivity index (χ2v) is 8.17. The van der Waals surface area contributed by atoms with Crippen LogP contribution in [0.2, 0.25) is 0 Å². The van der Waals surface area contributed by atoms with Crippen LogP contribution in [0.4, 0.5) is 0 Å². The molecule has 0 amide bonds. The summed E-state index contributed by atoms with van der Waals surface area (Å²) in [5.41, 5.74) is 2.39. The largest absolute Gasteiger partial charge is 0.489 e. The molecule has 0 atom stereocenters. The van der Waals surface area contributed by atoms with Crippen molar-refractivity contribution in [2.45, 2.75) is 11.5 Å². The number of rotatable bonds is 6. The van der Waals surface area contributed by atoms with Gasteiger partial charge in [-0.2, -0.15) is 0 Å². The Bertz CT molecular complexity index is 1230. The lowest BCUT2D eigenvalue weighted by Crippen LogP contribution is -2.11. The van der Waals surface area contributed by atoms with Crippen molar-refractivity contribution in [1.82, 2.24) is 3.97 Å². The molecule has 1 heterocycles. The number of ether oxygens (including phenoxy) is 1.